The van der Waals surface area contributed by atoms with Crippen LogP contribution in [-0.2, 0) is 17.7 Å². The molecule has 32 heavy (non-hydrogen) atoms. The van der Waals surface area contributed by atoms with Crippen molar-refractivity contribution in [1.82, 2.24) is 19.7 Å². The van der Waals surface area contributed by atoms with Crippen LogP contribution in [0, 0.1) is 12.7 Å². The smallest absolute Gasteiger partial charge is 0.339 e. The molecule has 0 spiro atoms. The van der Waals surface area contributed by atoms with E-state index in [2.05, 4.69) is 20.5 Å². The average Bonchev–Trinajstić information content (AvgIpc) is 3.02. The van der Waals surface area contributed by atoms with E-state index in [0.29, 0.717) is 22.8 Å². The zero-order chi connectivity index (χ0) is 22.7. The van der Waals surface area contributed by atoms with Crippen LogP contribution in [0.1, 0.15) is 58.6 Å². The van der Waals surface area contributed by atoms with E-state index >= 15 is 0 Å². The Morgan fingerprint density at radius 2 is 2.00 bits per heavy atom. The van der Waals surface area contributed by atoms with E-state index in [9.17, 15) is 14.0 Å². The minimum Gasteiger partial charge on any atom is -0.462 e. The van der Waals surface area contributed by atoms with Crippen LogP contribution in [0.2, 0.25) is 0 Å². The fourth-order valence-electron chi connectivity index (χ4n) is 3.77. The number of nitrogens with one attached hydrogen (secondary N) is 1. The van der Waals surface area contributed by atoms with Gasteiger partial charge in [-0.25, -0.2) is 14.2 Å². The van der Waals surface area contributed by atoms with Crippen LogP contribution >= 0.6 is 0 Å². The van der Waals surface area contributed by atoms with Gasteiger partial charge in [-0.3, -0.25) is 4.79 Å². The first-order valence-electron chi connectivity index (χ1n) is 10.7. The van der Waals surface area contributed by atoms with E-state index in [1.165, 1.54) is 24.3 Å². The van der Waals surface area contributed by atoms with Gasteiger partial charge in [0, 0.05) is 18.7 Å². The Labute approximate surface area is 184 Å². The number of rotatable bonds is 5. The summed E-state index contributed by atoms with van der Waals surface area (Å²) in [7, 11) is 0. The van der Waals surface area contributed by atoms with Crippen molar-refractivity contribution in [2.24, 2.45) is 0 Å². The molecule has 8 nitrogen and oxygen atoms in total. The molecule has 0 unspecified atom stereocenters. The molecule has 1 amide bonds. The summed E-state index contributed by atoms with van der Waals surface area (Å²) in [6.07, 6.45) is 3.95. The molecule has 0 fully saturated rings. The summed E-state index contributed by atoms with van der Waals surface area (Å²) < 4.78 is 21.6. The monoisotopic (exact) mass is 437 g/mol. The SMILES string of the molecule is CCOC(=O)c1ccc(C(=O)Nc2ccc(F)c(-c3nnc4n3CCCCC4)c2)nc1C. The fraction of sp³-hybridized carbons (Fsp3) is 0.348. The van der Waals surface area contributed by atoms with Crippen molar-refractivity contribution in [1.29, 1.82) is 0 Å². The number of pyridine rings is 1. The largest absolute Gasteiger partial charge is 0.462 e. The molecule has 0 radical (unpaired) electrons. The van der Waals surface area contributed by atoms with Crippen molar-refractivity contribution in [2.45, 2.75) is 46.1 Å². The van der Waals surface area contributed by atoms with Crippen molar-refractivity contribution >= 4 is 17.6 Å². The summed E-state index contributed by atoms with van der Waals surface area (Å²) >= 11 is 0. The number of benzene rings is 1. The number of halogens is 1. The number of hydrogen-bond donors (Lipinski definition) is 1. The summed E-state index contributed by atoms with van der Waals surface area (Å²) in [5.74, 6) is -0.0765. The first-order valence-corrected chi connectivity index (χ1v) is 10.7. The van der Waals surface area contributed by atoms with Crippen LogP contribution in [0.15, 0.2) is 30.3 Å². The molecule has 2 aromatic heterocycles. The molecule has 9 heteroatoms. The van der Waals surface area contributed by atoms with Gasteiger partial charge in [0.25, 0.3) is 5.91 Å². The van der Waals surface area contributed by atoms with Crippen LogP contribution in [0.4, 0.5) is 10.1 Å². The summed E-state index contributed by atoms with van der Waals surface area (Å²) in [5.41, 5.74) is 1.52. The Morgan fingerprint density at radius 1 is 1.16 bits per heavy atom. The Hall–Kier alpha value is -3.62. The number of aryl methyl sites for hydroxylation is 2. The molecule has 1 aromatic carbocycles. The lowest BCUT2D eigenvalue weighted by Crippen LogP contribution is -2.16. The number of nitrogens with zero attached hydrogens (tertiary/aromatic N) is 4. The Balaban J connectivity index is 1.57. The molecule has 1 N–H and O–H groups in total. The highest BCUT2D eigenvalue weighted by molar-refractivity contribution is 6.03. The van der Waals surface area contributed by atoms with E-state index in [1.54, 1.807) is 19.9 Å². The summed E-state index contributed by atoms with van der Waals surface area (Å²) in [4.78, 5) is 28.9. The normalized spacial score (nSPS) is 13.2. The Morgan fingerprint density at radius 3 is 2.78 bits per heavy atom. The molecular weight excluding hydrogens is 413 g/mol. The van der Waals surface area contributed by atoms with Gasteiger partial charge in [-0.05, 0) is 57.0 Å². The minimum absolute atomic E-state index is 0.137. The molecule has 166 valence electrons. The first kappa shape index (κ1) is 21.6. The van der Waals surface area contributed by atoms with Gasteiger partial charge in [0.15, 0.2) is 5.82 Å². The van der Waals surface area contributed by atoms with Gasteiger partial charge >= 0.3 is 5.97 Å². The second kappa shape index (κ2) is 9.25. The molecule has 0 aliphatic carbocycles. The lowest BCUT2D eigenvalue weighted by atomic mass is 10.1. The van der Waals surface area contributed by atoms with E-state index in [0.717, 1.165) is 38.1 Å². The summed E-state index contributed by atoms with van der Waals surface area (Å²) in [6, 6.07) is 7.30. The van der Waals surface area contributed by atoms with Gasteiger partial charge in [-0.2, -0.15) is 0 Å². The zero-order valence-electron chi connectivity index (χ0n) is 18.0. The number of aromatic nitrogens is 4. The third kappa shape index (κ3) is 4.37. The molecule has 0 bridgehead atoms. The number of carbonyl (C=O) groups excluding carboxylic acids is 2. The van der Waals surface area contributed by atoms with Gasteiger partial charge in [0.2, 0.25) is 0 Å². The first-order chi connectivity index (χ1) is 15.5. The van der Waals surface area contributed by atoms with Gasteiger partial charge in [-0.1, -0.05) is 6.42 Å². The number of esters is 1. The minimum atomic E-state index is -0.486. The highest BCUT2D eigenvalue weighted by Gasteiger charge is 2.20. The molecule has 3 aromatic rings. The average molecular weight is 437 g/mol. The van der Waals surface area contributed by atoms with Crippen molar-refractivity contribution in [3.8, 4) is 11.4 Å². The number of hydrogen-bond acceptors (Lipinski definition) is 6. The molecule has 0 atom stereocenters. The third-order valence-corrected chi connectivity index (χ3v) is 5.39. The van der Waals surface area contributed by atoms with Crippen molar-refractivity contribution in [3.05, 3.63) is 58.9 Å². The van der Waals surface area contributed by atoms with Crippen LogP contribution in [-0.4, -0.2) is 38.2 Å². The van der Waals surface area contributed by atoms with Crippen LogP contribution in [0.25, 0.3) is 11.4 Å². The highest BCUT2D eigenvalue weighted by atomic mass is 19.1. The predicted octanol–water partition coefficient (Wildman–Crippen LogP) is 3.94. The fourth-order valence-corrected chi connectivity index (χ4v) is 3.77. The second-order valence-electron chi connectivity index (χ2n) is 7.60. The number of anilines is 1. The van der Waals surface area contributed by atoms with E-state index in [-0.39, 0.29) is 17.9 Å². The number of amides is 1. The highest BCUT2D eigenvalue weighted by Crippen LogP contribution is 2.27. The lowest BCUT2D eigenvalue weighted by molar-refractivity contribution is 0.0524. The molecule has 1 aliphatic rings. The predicted molar refractivity (Wildman–Crippen MR) is 116 cm³/mol. The quantitative estimate of drug-likeness (QED) is 0.607. The molecule has 4 rings (SSSR count). The van der Waals surface area contributed by atoms with Crippen molar-refractivity contribution < 1.29 is 18.7 Å². The molecule has 1 aliphatic heterocycles. The number of ether oxygens (including phenoxy) is 1. The van der Waals surface area contributed by atoms with Gasteiger partial charge in [0.05, 0.1) is 23.4 Å². The molecule has 3 heterocycles. The van der Waals surface area contributed by atoms with E-state index in [4.69, 9.17) is 4.74 Å². The van der Waals surface area contributed by atoms with Crippen LogP contribution < -0.4 is 5.32 Å². The van der Waals surface area contributed by atoms with Gasteiger partial charge in [-0.15, -0.1) is 10.2 Å². The topological polar surface area (TPSA) is 99.0 Å². The molecular formula is C23H24FN5O3. The standard InChI is InChI=1S/C23H24FN5O3/c1-3-32-23(31)16-9-11-19(25-14(16)2)22(30)26-15-8-10-18(24)17(13-15)21-28-27-20-7-5-4-6-12-29(20)21/h8-11,13H,3-7,12H2,1-2H3,(H,26,30). The Bertz CT molecular complexity index is 1170. The van der Waals surface area contributed by atoms with E-state index < -0.39 is 17.7 Å². The lowest BCUT2D eigenvalue weighted by Gasteiger charge is -2.11. The number of fused-ring (bicyclic) bond motifs is 1. The van der Waals surface area contributed by atoms with Gasteiger partial charge in [0.1, 0.15) is 17.3 Å². The maximum Gasteiger partial charge on any atom is 0.339 e. The Kier molecular flexibility index (Phi) is 6.25. The van der Waals surface area contributed by atoms with E-state index in [1.807, 2.05) is 4.57 Å². The summed E-state index contributed by atoms with van der Waals surface area (Å²) in [6.45, 7) is 4.35. The van der Waals surface area contributed by atoms with Gasteiger partial charge < -0.3 is 14.6 Å². The maximum atomic E-state index is 14.7. The number of carbonyl (C=O) groups is 2. The van der Waals surface area contributed by atoms with Crippen molar-refractivity contribution in [3.63, 3.8) is 0 Å². The van der Waals surface area contributed by atoms with Crippen molar-refractivity contribution in [2.75, 3.05) is 11.9 Å². The summed E-state index contributed by atoms with van der Waals surface area (Å²) in [5, 5.41) is 11.2. The van der Waals surface area contributed by atoms with Crippen LogP contribution in [0.5, 0.6) is 0 Å². The maximum absolute atomic E-state index is 14.7. The third-order valence-electron chi connectivity index (χ3n) is 5.39. The zero-order valence-corrected chi connectivity index (χ0v) is 18.0. The van der Waals surface area contributed by atoms with Crippen LogP contribution in [0.3, 0.4) is 0 Å². The second-order valence-corrected chi connectivity index (χ2v) is 7.60. The molecule has 0 saturated carbocycles. The molecule has 0 saturated heterocycles.